The number of aromatic nitrogens is 3. The van der Waals surface area contributed by atoms with Gasteiger partial charge in [-0.3, -0.25) is 4.79 Å². The molecule has 1 aromatic carbocycles. The fraction of sp³-hybridized carbons (Fsp3) is 0.125. The van der Waals surface area contributed by atoms with Crippen molar-refractivity contribution in [1.82, 2.24) is 15.1 Å². The molecule has 0 fully saturated rings. The van der Waals surface area contributed by atoms with Gasteiger partial charge >= 0.3 is 0 Å². The second-order valence-corrected chi connectivity index (χ2v) is 5.48. The lowest BCUT2D eigenvalue weighted by molar-refractivity contribution is 0.102. The van der Waals surface area contributed by atoms with Crippen LogP contribution in [-0.2, 0) is 0 Å². The van der Waals surface area contributed by atoms with E-state index in [1.165, 1.54) is 12.4 Å². The summed E-state index contributed by atoms with van der Waals surface area (Å²) in [6, 6.07) is 6.75. The summed E-state index contributed by atoms with van der Waals surface area (Å²) in [6.45, 7) is 1.73. The lowest BCUT2D eigenvalue weighted by Crippen LogP contribution is -2.13. The Morgan fingerprint density at radius 3 is 2.64 bits per heavy atom. The molecule has 0 bridgehead atoms. The molecule has 0 saturated carbocycles. The predicted octanol–water partition coefficient (Wildman–Crippen LogP) is 3.43. The number of ether oxygens (including phenoxy) is 1. The van der Waals surface area contributed by atoms with E-state index >= 15 is 0 Å². The van der Waals surface area contributed by atoms with Gasteiger partial charge in [0.25, 0.3) is 5.91 Å². The van der Waals surface area contributed by atoms with Gasteiger partial charge in [-0.2, -0.15) is 0 Å². The topological polar surface area (TPSA) is 102 Å². The van der Waals surface area contributed by atoms with Crippen molar-refractivity contribution >= 4 is 35.0 Å². The molecule has 2 aromatic heterocycles. The SMILES string of the molecule is COc1ccc(Cl)cc1Nc1ncc(C(=O)Nc2cc(C)on2)cn1. The molecule has 8 nitrogen and oxygen atoms in total. The van der Waals surface area contributed by atoms with E-state index in [-0.39, 0.29) is 11.5 Å². The molecule has 3 aromatic rings. The number of rotatable bonds is 5. The summed E-state index contributed by atoms with van der Waals surface area (Å²) in [4.78, 5) is 20.4. The van der Waals surface area contributed by atoms with Gasteiger partial charge in [0.15, 0.2) is 5.82 Å². The summed E-state index contributed by atoms with van der Waals surface area (Å²) in [7, 11) is 1.55. The average Bonchev–Trinajstić information content (AvgIpc) is 3.00. The van der Waals surface area contributed by atoms with Crippen molar-refractivity contribution in [2.24, 2.45) is 0 Å². The van der Waals surface area contributed by atoms with Gasteiger partial charge in [0.1, 0.15) is 11.5 Å². The second kappa shape index (κ2) is 7.18. The van der Waals surface area contributed by atoms with Gasteiger partial charge in [0.05, 0.1) is 18.4 Å². The number of nitrogens with one attached hydrogen (secondary N) is 2. The number of methoxy groups -OCH3 is 1. The highest BCUT2D eigenvalue weighted by molar-refractivity contribution is 6.31. The quantitative estimate of drug-likeness (QED) is 0.719. The maximum absolute atomic E-state index is 12.1. The lowest BCUT2D eigenvalue weighted by Gasteiger charge is -2.10. The van der Waals surface area contributed by atoms with Crippen molar-refractivity contribution in [1.29, 1.82) is 0 Å². The summed E-state index contributed by atoms with van der Waals surface area (Å²) in [6.07, 6.45) is 2.79. The first-order valence-electron chi connectivity index (χ1n) is 7.22. The van der Waals surface area contributed by atoms with Crippen LogP contribution in [0.4, 0.5) is 17.5 Å². The number of hydrogen-bond acceptors (Lipinski definition) is 7. The number of halogens is 1. The minimum Gasteiger partial charge on any atom is -0.495 e. The van der Waals surface area contributed by atoms with Gasteiger partial charge in [-0.15, -0.1) is 0 Å². The third-order valence-corrected chi connectivity index (χ3v) is 3.43. The normalized spacial score (nSPS) is 10.4. The van der Waals surface area contributed by atoms with Crippen LogP contribution in [0, 0.1) is 6.92 Å². The Bertz CT molecular complexity index is 895. The molecule has 1 amide bonds. The molecule has 0 spiro atoms. The summed E-state index contributed by atoms with van der Waals surface area (Å²) in [5.74, 6) is 1.43. The minimum absolute atomic E-state index is 0.282. The molecule has 128 valence electrons. The Morgan fingerprint density at radius 2 is 2.00 bits per heavy atom. The molecule has 0 atom stereocenters. The molecule has 3 rings (SSSR count). The number of benzene rings is 1. The molecule has 25 heavy (non-hydrogen) atoms. The Kier molecular flexibility index (Phi) is 4.80. The van der Waals surface area contributed by atoms with E-state index in [2.05, 4.69) is 25.8 Å². The highest BCUT2D eigenvalue weighted by Gasteiger charge is 2.11. The van der Waals surface area contributed by atoms with Gasteiger partial charge in [0.2, 0.25) is 5.95 Å². The number of hydrogen-bond donors (Lipinski definition) is 2. The Balaban J connectivity index is 1.72. The molecule has 0 unspecified atom stereocenters. The van der Waals surface area contributed by atoms with Crippen LogP contribution in [0.3, 0.4) is 0 Å². The zero-order chi connectivity index (χ0) is 17.8. The first-order valence-corrected chi connectivity index (χ1v) is 7.60. The molecular formula is C16H14ClN5O3. The smallest absolute Gasteiger partial charge is 0.260 e. The Labute approximate surface area is 148 Å². The van der Waals surface area contributed by atoms with Crippen LogP contribution in [0.5, 0.6) is 5.75 Å². The van der Waals surface area contributed by atoms with Gasteiger partial charge in [-0.1, -0.05) is 16.8 Å². The lowest BCUT2D eigenvalue weighted by atomic mass is 10.3. The van der Waals surface area contributed by atoms with Gasteiger partial charge in [0, 0.05) is 23.5 Å². The van der Waals surface area contributed by atoms with Gasteiger partial charge < -0.3 is 19.9 Å². The zero-order valence-electron chi connectivity index (χ0n) is 13.4. The number of aryl methyl sites for hydroxylation is 1. The largest absolute Gasteiger partial charge is 0.495 e. The fourth-order valence-corrected chi connectivity index (χ4v) is 2.19. The van der Waals surface area contributed by atoms with E-state index in [0.717, 1.165) is 0 Å². The van der Waals surface area contributed by atoms with E-state index in [1.807, 2.05) is 0 Å². The standard InChI is InChI=1S/C16H14ClN5O3/c1-9-5-14(22-25-9)21-15(23)10-7-18-16(19-8-10)20-12-6-11(17)3-4-13(12)24-2/h3-8H,1-2H3,(H,18,19,20)(H,21,22,23). The summed E-state index contributed by atoms with van der Waals surface area (Å²) in [5, 5.41) is 9.82. The van der Waals surface area contributed by atoms with E-state index in [9.17, 15) is 4.79 Å². The Hall–Kier alpha value is -3.13. The van der Waals surface area contributed by atoms with E-state index in [4.69, 9.17) is 20.9 Å². The second-order valence-electron chi connectivity index (χ2n) is 5.04. The van der Waals surface area contributed by atoms with Crippen LogP contribution < -0.4 is 15.4 Å². The van der Waals surface area contributed by atoms with Crippen LogP contribution in [0.1, 0.15) is 16.1 Å². The van der Waals surface area contributed by atoms with Gasteiger partial charge in [-0.25, -0.2) is 9.97 Å². The van der Waals surface area contributed by atoms with Crippen LogP contribution in [0.15, 0.2) is 41.2 Å². The third-order valence-electron chi connectivity index (χ3n) is 3.19. The summed E-state index contributed by atoms with van der Waals surface area (Å²) >= 11 is 5.98. The third kappa shape index (κ3) is 4.04. The monoisotopic (exact) mass is 359 g/mol. The molecule has 2 heterocycles. The van der Waals surface area contributed by atoms with E-state index < -0.39 is 0 Å². The van der Waals surface area contributed by atoms with Crippen molar-refractivity contribution in [3.05, 3.63) is 53.0 Å². The molecule has 0 aliphatic carbocycles. The number of carbonyl (C=O) groups excluding carboxylic acids is 1. The van der Waals surface area contributed by atoms with Crippen molar-refractivity contribution < 1.29 is 14.1 Å². The number of carbonyl (C=O) groups is 1. The molecule has 0 aliphatic heterocycles. The van der Waals surface area contributed by atoms with Crippen molar-refractivity contribution in [2.75, 3.05) is 17.7 Å². The molecule has 2 N–H and O–H groups in total. The molecule has 0 saturated heterocycles. The summed E-state index contributed by atoms with van der Waals surface area (Å²) < 4.78 is 10.1. The van der Waals surface area contributed by atoms with Gasteiger partial charge in [-0.05, 0) is 25.1 Å². The van der Waals surface area contributed by atoms with Crippen molar-refractivity contribution in [3.8, 4) is 5.75 Å². The number of anilines is 3. The maximum atomic E-state index is 12.1. The summed E-state index contributed by atoms with van der Waals surface area (Å²) in [5.41, 5.74) is 0.898. The van der Waals surface area contributed by atoms with Crippen LogP contribution in [0.25, 0.3) is 0 Å². The predicted molar refractivity (Wildman–Crippen MR) is 92.5 cm³/mol. The fourth-order valence-electron chi connectivity index (χ4n) is 2.02. The van der Waals surface area contributed by atoms with E-state index in [0.29, 0.717) is 34.0 Å². The highest BCUT2D eigenvalue weighted by Crippen LogP contribution is 2.29. The average molecular weight is 360 g/mol. The zero-order valence-corrected chi connectivity index (χ0v) is 14.2. The first-order chi connectivity index (χ1) is 12.0. The highest BCUT2D eigenvalue weighted by atomic mass is 35.5. The Morgan fingerprint density at radius 1 is 1.24 bits per heavy atom. The van der Waals surface area contributed by atoms with Crippen molar-refractivity contribution in [2.45, 2.75) is 6.92 Å². The molecule has 9 heteroatoms. The van der Waals surface area contributed by atoms with Crippen LogP contribution >= 0.6 is 11.6 Å². The van der Waals surface area contributed by atoms with Crippen molar-refractivity contribution in [3.63, 3.8) is 0 Å². The number of amides is 1. The first kappa shape index (κ1) is 16.7. The van der Waals surface area contributed by atoms with Crippen LogP contribution in [-0.4, -0.2) is 28.1 Å². The van der Waals surface area contributed by atoms with Crippen LogP contribution in [0.2, 0.25) is 5.02 Å². The maximum Gasteiger partial charge on any atom is 0.260 e. The minimum atomic E-state index is -0.389. The molecular weight excluding hydrogens is 346 g/mol. The molecule has 0 radical (unpaired) electrons. The van der Waals surface area contributed by atoms with E-state index in [1.54, 1.807) is 38.3 Å². The molecule has 0 aliphatic rings. The number of nitrogens with zero attached hydrogens (tertiary/aromatic N) is 3.